The van der Waals surface area contributed by atoms with Crippen LogP contribution in [0.2, 0.25) is 0 Å². The average molecular weight is 241 g/mol. The first kappa shape index (κ1) is 14.2. The van der Waals surface area contributed by atoms with Crippen molar-refractivity contribution in [2.45, 2.75) is 45.3 Å². The lowest BCUT2D eigenvalue weighted by Gasteiger charge is -2.20. The van der Waals surface area contributed by atoms with E-state index in [4.69, 9.17) is 11.6 Å². The maximum Gasteiger partial charge on any atom is 0.155 e. The smallest absolute Gasteiger partial charge is 0.155 e. The van der Waals surface area contributed by atoms with Crippen molar-refractivity contribution in [1.82, 2.24) is 0 Å². The largest absolute Gasteiger partial charge is 0.228 e. The summed E-state index contributed by atoms with van der Waals surface area (Å²) in [5, 5.41) is 0. The van der Waals surface area contributed by atoms with E-state index in [1.165, 1.54) is 0 Å². The third kappa shape index (κ3) is 4.65. The first-order chi connectivity index (χ1) is 6.20. The van der Waals surface area contributed by atoms with Gasteiger partial charge in [0.05, 0.1) is 10.5 Å². The standard InChI is InChI=1S/C10H21ClO2S/c1-9(5-7-11)6-8-14(12,13)10(2,3)4/h9H,5-8H2,1-4H3. The Bertz CT molecular complexity index is 252. The SMILES string of the molecule is CC(CCCl)CCS(=O)(=O)C(C)(C)C. The highest BCUT2D eigenvalue weighted by Gasteiger charge is 2.28. The maximum absolute atomic E-state index is 11.7. The van der Waals surface area contributed by atoms with Crippen LogP contribution in [0.4, 0.5) is 0 Å². The van der Waals surface area contributed by atoms with Gasteiger partial charge in [-0.2, -0.15) is 0 Å². The summed E-state index contributed by atoms with van der Waals surface area (Å²) in [6, 6.07) is 0. The molecule has 0 spiro atoms. The third-order valence-electron chi connectivity index (χ3n) is 2.41. The summed E-state index contributed by atoms with van der Waals surface area (Å²) in [6.45, 7) is 7.28. The number of rotatable bonds is 5. The molecule has 1 unspecified atom stereocenters. The second-order valence-electron chi connectivity index (χ2n) is 4.80. The first-order valence-electron chi connectivity index (χ1n) is 4.99. The molecule has 0 saturated carbocycles. The summed E-state index contributed by atoms with van der Waals surface area (Å²) in [6.07, 6.45) is 1.60. The fraction of sp³-hybridized carbons (Fsp3) is 1.00. The van der Waals surface area contributed by atoms with E-state index in [9.17, 15) is 8.42 Å². The molecular weight excluding hydrogens is 220 g/mol. The minimum Gasteiger partial charge on any atom is -0.228 e. The van der Waals surface area contributed by atoms with Crippen LogP contribution in [0.3, 0.4) is 0 Å². The van der Waals surface area contributed by atoms with Gasteiger partial charge in [0.25, 0.3) is 0 Å². The molecule has 0 bridgehead atoms. The highest BCUT2D eigenvalue weighted by atomic mass is 35.5. The molecule has 0 aromatic rings. The molecule has 0 fully saturated rings. The molecule has 4 heteroatoms. The van der Waals surface area contributed by atoms with Crippen molar-refractivity contribution in [3.8, 4) is 0 Å². The molecule has 0 amide bonds. The van der Waals surface area contributed by atoms with Crippen molar-refractivity contribution in [1.29, 1.82) is 0 Å². The number of alkyl halides is 1. The van der Waals surface area contributed by atoms with Gasteiger partial charge in [-0.05, 0) is 39.5 Å². The Hall–Kier alpha value is 0.240. The van der Waals surface area contributed by atoms with Crippen LogP contribution in [-0.2, 0) is 9.84 Å². The van der Waals surface area contributed by atoms with E-state index in [-0.39, 0.29) is 5.75 Å². The normalized spacial score (nSPS) is 15.5. The van der Waals surface area contributed by atoms with Crippen molar-refractivity contribution >= 4 is 21.4 Å². The molecule has 0 aromatic carbocycles. The molecule has 0 heterocycles. The summed E-state index contributed by atoms with van der Waals surface area (Å²) in [5.41, 5.74) is 0. The molecule has 86 valence electrons. The molecule has 0 aliphatic rings. The van der Waals surface area contributed by atoms with Gasteiger partial charge in [-0.3, -0.25) is 0 Å². The van der Waals surface area contributed by atoms with Gasteiger partial charge in [0, 0.05) is 5.88 Å². The van der Waals surface area contributed by atoms with Crippen LogP contribution in [0.25, 0.3) is 0 Å². The van der Waals surface area contributed by atoms with E-state index in [0.717, 1.165) is 6.42 Å². The molecule has 0 rings (SSSR count). The van der Waals surface area contributed by atoms with Crippen molar-refractivity contribution in [2.24, 2.45) is 5.92 Å². The lowest BCUT2D eigenvalue weighted by molar-refractivity contribution is 0.520. The van der Waals surface area contributed by atoms with E-state index in [0.29, 0.717) is 18.2 Å². The van der Waals surface area contributed by atoms with Gasteiger partial charge in [-0.25, -0.2) is 8.42 Å². The predicted octanol–water partition coefficient (Wildman–Crippen LogP) is 2.85. The minimum absolute atomic E-state index is 0.272. The zero-order valence-corrected chi connectivity index (χ0v) is 11.1. The molecule has 0 aromatic heterocycles. The molecule has 1 atom stereocenters. The molecule has 0 N–H and O–H groups in total. The second kappa shape index (κ2) is 5.36. The van der Waals surface area contributed by atoms with E-state index < -0.39 is 14.6 Å². The molecule has 0 saturated heterocycles. The highest BCUT2D eigenvalue weighted by Crippen LogP contribution is 2.19. The second-order valence-corrected chi connectivity index (χ2v) is 8.04. The van der Waals surface area contributed by atoms with Gasteiger partial charge in [0.1, 0.15) is 0 Å². The molecule has 0 aliphatic heterocycles. The lowest BCUT2D eigenvalue weighted by atomic mass is 10.1. The van der Waals surface area contributed by atoms with Crippen molar-refractivity contribution in [2.75, 3.05) is 11.6 Å². The minimum atomic E-state index is -2.95. The number of hydrogen-bond donors (Lipinski definition) is 0. The van der Waals surface area contributed by atoms with Crippen LogP contribution in [0.5, 0.6) is 0 Å². The van der Waals surface area contributed by atoms with Gasteiger partial charge in [-0.1, -0.05) is 6.92 Å². The Morgan fingerprint density at radius 1 is 1.21 bits per heavy atom. The Morgan fingerprint density at radius 3 is 2.07 bits per heavy atom. The summed E-state index contributed by atoms with van der Waals surface area (Å²) in [5.74, 6) is 1.27. The summed E-state index contributed by atoms with van der Waals surface area (Å²) < 4.78 is 22.8. The molecule has 2 nitrogen and oxygen atoms in total. The molecular formula is C10H21ClO2S. The van der Waals surface area contributed by atoms with Crippen LogP contribution in [0.1, 0.15) is 40.5 Å². The maximum atomic E-state index is 11.7. The van der Waals surface area contributed by atoms with E-state index in [1.54, 1.807) is 20.8 Å². The van der Waals surface area contributed by atoms with Crippen LogP contribution in [0.15, 0.2) is 0 Å². The van der Waals surface area contributed by atoms with Crippen LogP contribution in [0, 0.1) is 5.92 Å². The topological polar surface area (TPSA) is 34.1 Å². The van der Waals surface area contributed by atoms with Crippen LogP contribution in [-0.4, -0.2) is 24.8 Å². The number of halogens is 1. The van der Waals surface area contributed by atoms with E-state index in [1.807, 2.05) is 6.92 Å². The molecule has 0 aliphatic carbocycles. The fourth-order valence-electron chi connectivity index (χ4n) is 0.993. The number of sulfone groups is 1. The summed E-state index contributed by atoms with van der Waals surface area (Å²) >= 11 is 5.59. The Labute approximate surface area is 93.0 Å². The molecule has 14 heavy (non-hydrogen) atoms. The number of hydrogen-bond acceptors (Lipinski definition) is 2. The average Bonchev–Trinajstić information content (AvgIpc) is 1.99. The van der Waals surface area contributed by atoms with Crippen LogP contribution < -0.4 is 0 Å². The van der Waals surface area contributed by atoms with Gasteiger partial charge >= 0.3 is 0 Å². The lowest BCUT2D eigenvalue weighted by Crippen LogP contribution is -2.31. The summed E-state index contributed by atoms with van der Waals surface area (Å²) in [4.78, 5) is 0. The van der Waals surface area contributed by atoms with Gasteiger partial charge in [0.2, 0.25) is 0 Å². The van der Waals surface area contributed by atoms with Crippen molar-refractivity contribution < 1.29 is 8.42 Å². The monoisotopic (exact) mass is 240 g/mol. The van der Waals surface area contributed by atoms with E-state index >= 15 is 0 Å². The van der Waals surface area contributed by atoms with Gasteiger partial charge in [0.15, 0.2) is 9.84 Å². The van der Waals surface area contributed by atoms with Crippen LogP contribution >= 0.6 is 11.6 Å². The summed E-state index contributed by atoms with van der Waals surface area (Å²) in [7, 11) is -2.95. The third-order valence-corrected chi connectivity index (χ3v) is 5.27. The quantitative estimate of drug-likeness (QED) is 0.693. The fourth-order valence-corrected chi connectivity index (χ4v) is 2.69. The van der Waals surface area contributed by atoms with Gasteiger partial charge < -0.3 is 0 Å². The Morgan fingerprint density at radius 2 is 1.71 bits per heavy atom. The predicted molar refractivity (Wildman–Crippen MR) is 62.7 cm³/mol. The van der Waals surface area contributed by atoms with Crippen molar-refractivity contribution in [3.63, 3.8) is 0 Å². The Balaban J connectivity index is 4.14. The van der Waals surface area contributed by atoms with Crippen molar-refractivity contribution in [3.05, 3.63) is 0 Å². The highest BCUT2D eigenvalue weighted by molar-refractivity contribution is 7.92. The Kier molecular flexibility index (Phi) is 5.45. The van der Waals surface area contributed by atoms with E-state index in [2.05, 4.69) is 0 Å². The van der Waals surface area contributed by atoms with Gasteiger partial charge in [-0.15, -0.1) is 11.6 Å². The molecule has 0 radical (unpaired) electrons. The first-order valence-corrected chi connectivity index (χ1v) is 7.17. The zero-order chi connectivity index (χ0) is 11.4. The zero-order valence-electron chi connectivity index (χ0n) is 9.51.